The van der Waals surface area contributed by atoms with Crippen molar-refractivity contribution < 1.29 is 0 Å². The van der Waals surface area contributed by atoms with E-state index in [1.165, 1.54) is 31.4 Å². The highest BCUT2D eigenvalue weighted by atomic mass is 15.3. The Morgan fingerprint density at radius 3 is 2.95 bits per heavy atom. The van der Waals surface area contributed by atoms with Crippen LogP contribution < -0.4 is 5.32 Å². The van der Waals surface area contributed by atoms with E-state index in [1.807, 2.05) is 0 Å². The summed E-state index contributed by atoms with van der Waals surface area (Å²) in [6.07, 6.45) is 9.32. The van der Waals surface area contributed by atoms with E-state index < -0.39 is 0 Å². The van der Waals surface area contributed by atoms with Crippen LogP contribution in [0.3, 0.4) is 0 Å². The fraction of sp³-hybridized carbons (Fsp3) is 0.812. The van der Waals surface area contributed by atoms with Crippen LogP contribution in [0, 0.1) is 5.92 Å². The third kappa shape index (κ3) is 3.83. The topological polar surface area (TPSA) is 33.1 Å². The Balaban J connectivity index is 2.05. The molecule has 114 valence electrons. The van der Waals surface area contributed by atoms with E-state index >= 15 is 0 Å². The van der Waals surface area contributed by atoms with Crippen LogP contribution in [0.4, 0.5) is 0 Å². The van der Waals surface area contributed by atoms with Crippen LogP contribution in [0.5, 0.6) is 0 Å². The maximum Gasteiger partial charge on any atom is 0.0537 e. The van der Waals surface area contributed by atoms with Crippen molar-refractivity contribution in [2.24, 2.45) is 5.92 Å². The fourth-order valence-corrected chi connectivity index (χ4v) is 3.35. The molecule has 1 saturated heterocycles. The molecule has 4 nitrogen and oxygen atoms in total. The van der Waals surface area contributed by atoms with E-state index in [2.05, 4.69) is 53.3 Å². The third-order valence-corrected chi connectivity index (χ3v) is 4.29. The Morgan fingerprint density at radius 2 is 2.20 bits per heavy atom. The number of nitrogens with one attached hydrogen (secondary N) is 1. The van der Waals surface area contributed by atoms with Gasteiger partial charge in [0.05, 0.1) is 6.20 Å². The molecule has 1 fully saturated rings. The van der Waals surface area contributed by atoms with Gasteiger partial charge in [-0.25, -0.2) is 0 Å². The first-order valence-corrected chi connectivity index (χ1v) is 8.19. The zero-order valence-electron chi connectivity index (χ0n) is 13.3. The summed E-state index contributed by atoms with van der Waals surface area (Å²) in [5.74, 6) is 0.708. The molecular formula is C16H30N4. The lowest BCUT2D eigenvalue weighted by Crippen LogP contribution is -2.40. The van der Waals surface area contributed by atoms with Crippen molar-refractivity contribution in [2.45, 2.75) is 52.1 Å². The number of piperidine rings is 1. The number of likely N-dealkylation sites (tertiary alicyclic amines) is 1. The highest BCUT2D eigenvalue weighted by Gasteiger charge is 2.30. The van der Waals surface area contributed by atoms with Gasteiger partial charge in [0.15, 0.2) is 0 Å². The van der Waals surface area contributed by atoms with Crippen LogP contribution in [0.2, 0.25) is 0 Å². The predicted octanol–water partition coefficient (Wildman–Crippen LogP) is 2.68. The van der Waals surface area contributed by atoms with Crippen molar-refractivity contribution in [1.29, 1.82) is 0 Å². The van der Waals surface area contributed by atoms with Gasteiger partial charge in [-0.1, -0.05) is 13.8 Å². The van der Waals surface area contributed by atoms with Gasteiger partial charge < -0.3 is 5.32 Å². The molecule has 0 aliphatic carbocycles. The van der Waals surface area contributed by atoms with Crippen LogP contribution in [0.15, 0.2) is 12.4 Å². The van der Waals surface area contributed by atoms with Gasteiger partial charge in [0.2, 0.25) is 0 Å². The molecule has 0 radical (unpaired) electrons. The maximum atomic E-state index is 4.52. The van der Waals surface area contributed by atoms with E-state index in [1.54, 1.807) is 0 Å². The van der Waals surface area contributed by atoms with Crippen molar-refractivity contribution in [2.75, 3.05) is 26.7 Å². The molecule has 2 unspecified atom stereocenters. The molecule has 0 amide bonds. The minimum absolute atomic E-state index is 0.527. The van der Waals surface area contributed by atoms with E-state index in [9.17, 15) is 0 Å². The zero-order valence-corrected chi connectivity index (χ0v) is 13.3. The Labute approximate surface area is 123 Å². The Hall–Kier alpha value is -0.870. The van der Waals surface area contributed by atoms with Gasteiger partial charge >= 0.3 is 0 Å². The number of hydrogen-bond donors (Lipinski definition) is 1. The first-order chi connectivity index (χ1) is 9.76. The van der Waals surface area contributed by atoms with E-state index in [4.69, 9.17) is 0 Å². The van der Waals surface area contributed by atoms with Crippen molar-refractivity contribution in [3.05, 3.63) is 18.0 Å². The second kappa shape index (κ2) is 7.79. The Kier molecular flexibility index (Phi) is 6.05. The summed E-state index contributed by atoms with van der Waals surface area (Å²) >= 11 is 0. The summed E-state index contributed by atoms with van der Waals surface area (Å²) in [5.41, 5.74) is 1.39. The largest absolute Gasteiger partial charge is 0.316 e. The molecule has 1 aromatic rings. The smallest absolute Gasteiger partial charge is 0.0537 e. The lowest BCUT2D eigenvalue weighted by molar-refractivity contribution is 0.119. The SMILES string of the molecule is CCCNCC1CCCN(C)C1c1cnn(CCC)c1. The molecule has 1 aliphatic heterocycles. The summed E-state index contributed by atoms with van der Waals surface area (Å²) in [7, 11) is 2.26. The van der Waals surface area contributed by atoms with Gasteiger partial charge in [0.25, 0.3) is 0 Å². The first kappa shape index (κ1) is 15.5. The second-order valence-electron chi connectivity index (χ2n) is 6.07. The summed E-state index contributed by atoms with van der Waals surface area (Å²) < 4.78 is 2.09. The molecule has 2 heterocycles. The fourth-order valence-electron chi connectivity index (χ4n) is 3.35. The van der Waals surface area contributed by atoms with Gasteiger partial charge in [0, 0.05) is 24.3 Å². The number of nitrogens with zero attached hydrogens (tertiary/aromatic N) is 3. The predicted molar refractivity (Wildman–Crippen MR) is 83.8 cm³/mol. The molecule has 0 aromatic carbocycles. The Bertz CT molecular complexity index is 388. The molecule has 2 atom stereocenters. The highest BCUT2D eigenvalue weighted by Crippen LogP contribution is 2.34. The number of aromatic nitrogens is 2. The highest BCUT2D eigenvalue weighted by molar-refractivity contribution is 5.13. The molecule has 1 aromatic heterocycles. The Morgan fingerprint density at radius 1 is 1.35 bits per heavy atom. The molecule has 0 bridgehead atoms. The summed E-state index contributed by atoms with van der Waals surface area (Å²) in [6.45, 7) is 8.91. The van der Waals surface area contributed by atoms with Crippen molar-refractivity contribution >= 4 is 0 Å². The summed E-state index contributed by atoms with van der Waals surface area (Å²) in [6, 6.07) is 0.527. The molecule has 4 heteroatoms. The average Bonchev–Trinajstić information content (AvgIpc) is 2.88. The van der Waals surface area contributed by atoms with E-state index in [0.717, 1.165) is 26.1 Å². The molecular weight excluding hydrogens is 248 g/mol. The lowest BCUT2D eigenvalue weighted by Gasteiger charge is -2.39. The number of hydrogen-bond acceptors (Lipinski definition) is 3. The monoisotopic (exact) mass is 278 g/mol. The van der Waals surface area contributed by atoms with Crippen LogP contribution in [0.1, 0.15) is 51.1 Å². The minimum atomic E-state index is 0.527. The van der Waals surface area contributed by atoms with Crippen molar-refractivity contribution in [1.82, 2.24) is 20.0 Å². The van der Waals surface area contributed by atoms with Crippen LogP contribution in [-0.2, 0) is 6.54 Å². The van der Waals surface area contributed by atoms with Gasteiger partial charge in [-0.15, -0.1) is 0 Å². The molecule has 1 N–H and O–H groups in total. The quantitative estimate of drug-likeness (QED) is 0.779. The zero-order chi connectivity index (χ0) is 14.4. The van der Waals surface area contributed by atoms with Crippen LogP contribution in [-0.4, -0.2) is 41.4 Å². The van der Waals surface area contributed by atoms with Gasteiger partial charge in [-0.2, -0.15) is 5.10 Å². The van der Waals surface area contributed by atoms with E-state index in [-0.39, 0.29) is 0 Å². The second-order valence-corrected chi connectivity index (χ2v) is 6.07. The number of rotatable bonds is 7. The lowest BCUT2D eigenvalue weighted by atomic mass is 9.86. The molecule has 1 aliphatic rings. The summed E-state index contributed by atoms with van der Waals surface area (Å²) in [5, 5.41) is 8.12. The summed E-state index contributed by atoms with van der Waals surface area (Å²) in [4.78, 5) is 2.51. The standard InChI is InChI=1S/C16H30N4/c1-4-8-17-11-14-7-6-10-19(3)16(14)15-12-18-20(13-15)9-5-2/h12-14,16-17H,4-11H2,1-3H3. The first-order valence-electron chi connectivity index (χ1n) is 8.19. The van der Waals surface area contributed by atoms with Gasteiger partial charge in [0.1, 0.15) is 0 Å². The van der Waals surface area contributed by atoms with Gasteiger partial charge in [-0.3, -0.25) is 9.58 Å². The van der Waals surface area contributed by atoms with Crippen molar-refractivity contribution in [3.63, 3.8) is 0 Å². The third-order valence-electron chi connectivity index (χ3n) is 4.29. The van der Waals surface area contributed by atoms with Gasteiger partial charge in [-0.05, 0) is 58.3 Å². The normalized spacial score (nSPS) is 24.1. The molecule has 0 spiro atoms. The number of aryl methyl sites for hydroxylation is 1. The maximum absolute atomic E-state index is 4.52. The van der Waals surface area contributed by atoms with E-state index in [0.29, 0.717) is 12.0 Å². The molecule has 2 rings (SSSR count). The van der Waals surface area contributed by atoms with Crippen LogP contribution in [0.25, 0.3) is 0 Å². The van der Waals surface area contributed by atoms with Crippen LogP contribution >= 0.6 is 0 Å². The van der Waals surface area contributed by atoms with Crippen molar-refractivity contribution in [3.8, 4) is 0 Å². The molecule has 20 heavy (non-hydrogen) atoms. The molecule has 0 saturated carbocycles. The average molecular weight is 278 g/mol. The minimum Gasteiger partial charge on any atom is -0.316 e.